The smallest absolute Gasteiger partial charge is 0.236 e. The van der Waals surface area contributed by atoms with E-state index in [1.165, 1.54) is 7.11 Å². The number of methoxy groups -OCH3 is 1. The second kappa shape index (κ2) is 7.33. The Balaban J connectivity index is 1.81. The fraction of sp³-hybridized carbons (Fsp3) is 0.458. The number of aliphatic hydroxyl groups excluding tert-OH is 1. The number of ketones is 2. The van der Waals surface area contributed by atoms with Crippen LogP contribution in [-0.4, -0.2) is 53.5 Å². The van der Waals surface area contributed by atoms with Gasteiger partial charge < -0.3 is 29.2 Å². The van der Waals surface area contributed by atoms with E-state index in [-0.39, 0.29) is 46.0 Å². The highest BCUT2D eigenvalue weighted by molar-refractivity contribution is 6.36. The summed E-state index contributed by atoms with van der Waals surface area (Å²) in [6, 6.07) is 1.07. The summed E-state index contributed by atoms with van der Waals surface area (Å²) >= 11 is 0. The van der Waals surface area contributed by atoms with Crippen LogP contribution >= 0.6 is 0 Å². The zero-order chi connectivity index (χ0) is 23.8. The highest BCUT2D eigenvalue weighted by Crippen LogP contribution is 2.55. The van der Waals surface area contributed by atoms with Gasteiger partial charge in [0, 0.05) is 30.2 Å². The molecular formula is C24H24O9. The number of ether oxygens (including phenoxy) is 4. The molecule has 5 atom stereocenters. The van der Waals surface area contributed by atoms with Gasteiger partial charge in [0.25, 0.3) is 0 Å². The summed E-state index contributed by atoms with van der Waals surface area (Å²) in [6.45, 7) is 5.13. The van der Waals surface area contributed by atoms with Crippen molar-refractivity contribution in [2.75, 3.05) is 7.11 Å². The van der Waals surface area contributed by atoms with Crippen molar-refractivity contribution < 1.29 is 38.7 Å². The van der Waals surface area contributed by atoms with E-state index in [0.29, 0.717) is 17.8 Å². The van der Waals surface area contributed by atoms with Crippen molar-refractivity contribution in [3.8, 4) is 11.5 Å². The summed E-state index contributed by atoms with van der Waals surface area (Å²) in [5.74, 6) is -0.618. The van der Waals surface area contributed by atoms with Crippen molar-refractivity contribution in [2.45, 2.75) is 63.8 Å². The molecule has 33 heavy (non-hydrogen) atoms. The van der Waals surface area contributed by atoms with Crippen LogP contribution in [0.25, 0.3) is 5.57 Å². The molecule has 9 heteroatoms. The van der Waals surface area contributed by atoms with Gasteiger partial charge in [0.15, 0.2) is 34.1 Å². The van der Waals surface area contributed by atoms with Crippen LogP contribution in [-0.2, 0) is 19.9 Å². The Morgan fingerprint density at radius 3 is 2.67 bits per heavy atom. The minimum atomic E-state index is -2.25. The molecule has 0 bridgehead atoms. The van der Waals surface area contributed by atoms with Gasteiger partial charge in [0.05, 0.1) is 17.2 Å². The second-order valence-electron chi connectivity index (χ2n) is 8.74. The zero-order valence-electron chi connectivity index (χ0n) is 18.6. The molecule has 3 aliphatic heterocycles. The highest BCUT2D eigenvalue weighted by atomic mass is 16.7. The molecule has 0 unspecified atom stereocenters. The molecule has 5 rings (SSSR count). The summed E-state index contributed by atoms with van der Waals surface area (Å²) in [5, 5.41) is 22.6. The van der Waals surface area contributed by atoms with Gasteiger partial charge in [0.1, 0.15) is 18.0 Å². The van der Waals surface area contributed by atoms with Crippen LogP contribution in [0.4, 0.5) is 0 Å². The average molecular weight is 456 g/mol. The molecule has 1 aromatic carbocycles. The minimum absolute atomic E-state index is 0.00534. The maximum atomic E-state index is 13.4. The van der Waals surface area contributed by atoms with E-state index in [2.05, 4.69) is 0 Å². The van der Waals surface area contributed by atoms with Gasteiger partial charge in [-0.25, -0.2) is 0 Å². The summed E-state index contributed by atoms with van der Waals surface area (Å²) in [5.41, 5.74) is -2.65. The molecule has 1 fully saturated rings. The lowest BCUT2D eigenvalue weighted by atomic mass is 9.82. The van der Waals surface area contributed by atoms with Crippen molar-refractivity contribution in [2.24, 2.45) is 0 Å². The Morgan fingerprint density at radius 2 is 2.00 bits per heavy atom. The monoisotopic (exact) mass is 456 g/mol. The first-order chi connectivity index (χ1) is 15.6. The van der Waals surface area contributed by atoms with Gasteiger partial charge in [-0.15, -0.1) is 0 Å². The van der Waals surface area contributed by atoms with Crippen molar-refractivity contribution >= 4 is 17.1 Å². The van der Waals surface area contributed by atoms with Crippen LogP contribution in [0.5, 0.6) is 11.5 Å². The number of aliphatic hydroxyl groups is 2. The van der Waals surface area contributed by atoms with Gasteiger partial charge >= 0.3 is 0 Å². The van der Waals surface area contributed by atoms with Crippen LogP contribution < -0.4 is 14.9 Å². The Labute approximate surface area is 189 Å². The summed E-state index contributed by atoms with van der Waals surface area (Å²) < 4.78 is 22.8. The van der Waals surface area contributed by atoms with Crippen LogP contribution in [0.1, 0.15) is 55.1 Å². The highest BCUT2D eigenvalue weighted by Gasteiger charge is 2.63. The number of hydrogen-bond donors (Lipinski definition) is 2. The van der Waals surface area contributed by atoms with Gasteiger partial charge in [-0.2, -0.15) is 0 Å². The molecular weight excluding hydrogens is 432 g/mol. The predicted octanol–water partition coefficient (Wildman–Crippen LogP) is 1.36. The molecule has 9 nitrogen and oxygen atoms in total. The van der Waals surface area contributed by atoms with E-state index in [4.69, 9.17) is 18.9 Å². The van der Waals surface area contributed by atoms with E-state index in [1.54, 1.807) is 19.9 Å². The van der Waals surface area contributed by atoms with Crippen LogP contribution in [0, 0.1) is 0 Å². The van der Waals surface area contributed by atoms with Crippen LogP contribution in [0.2, 0.25) is 0 Å². The molecule has 2 N–H and O–H groups in total. The Morgan fingerprint density at radius 1 is 1.27 bits per heavy atom. The molecule has 1 saturated heterocycles. The zero-order valence-corrected chi connectivity index (χ0v) is 18.6. The van der Waals surface area contributed by atoms with Crippen molar-refractivity contribution in [3.05, 3.63) is 50.4 Å². The standard InChI is InChI=1S/C24H24O9/c1-5-6-13(25)16-11-7-9(2)31-20-15(11)12(18(16)27)8-14(26)17-21(20)33-23-24(17,29)22(28)19(30-4)10(3)32-23/h7-8,10,19,22-23,28-29H,5-6H2,1-4H3/t10-,19-,22+,23+,24-/m1/s1. The van der Waals surface area contributed by atoms with Crippen molar-refractivity contribution in [1.82, 2.24) is 0 Å². The Hall–Kier alpha value is -2.85. The maximum absolute atomic E-state index is 13.4. The second-order valence-corrected chi connectivity index (χ2v) is 8.74. The maximum Gasteiger partial charge on any atom is 0.236 e. The first-order valence-electron chi connectivity index (χ1n) is 10.8. The van der Waals surface area contributed by atoms with Gasteiger partial charge in [-0.1, -0.05) is 6.92 Å². The number of fused-ring (bicyclic) bond motifs is 4. The SMILES string of the molecule is CCCC(=O)C1=C2C=C(C)Oc3c4c(c(=O)cc(c32)C1=O)[C@]1(O)[C@H](O4)O[C@H](C)[C@@H](OC)[C@@H]1O. The molecule has 0 radical (unpaired) electrons. The molecule has 0 saturated carbocycles. The molecule has 4 aliphatic rings. The molecule has 1 aromatic rings. The normalized spacial score (nSPS) is 31.3. The van der Waals surface area contributed by atoms with Gasteiger partial charge in [-0.3, -0.25) is 14.4 Å². The molecule has 0 spiro atoms. The average Bonchev–Trinajstić information content (AvgIpc) is 3.15. The largest absolute Gasteiger partial charge is 0.457 e. The molecule has 3 heterocycles. The van der Waals surface area contributed by atoms with Gasteiger partial charge in [0.2, 0.25) is 6.29 Å². The molecule has 1 aliphatic carbocycles. The minimum Gasteiger partial charge on any atom is -0.457 e. The number of Topliss-reactive ketones (excluding diaryl/α,β-unsaturated/α-hetero) is 2. The lowest BCUT2D eigenvalue weighted by Gasteiger charge is -2.44. The van der Waals surface area contributed by atoms with E-state index in [1.807, 2.05) is 6.92 Å². The van der Waals surface area contributed by atoms with E-state index < -0.39 is 41.4 Å². The lowest BCUT2D eigenvalue weighted by molar-refractivity contribution is -0.310. The molecule has 174 valence electrons. The lowest BCUT2D eigenvalue weighted by Crippen LogP contribution is -2.63. The summed E-state index contributed by atoms with van der Waals surface area (Å²) in [6.07, 6.45) is -2.20. The van der Waals surface area contributed by atoms with E-state index >= 15 is 0 Å². The molecule has 0 amide bonds. The number of carbonyl (C=O) groups excluding carboxylic acids is 2. The third kappa shape index (κ3) is 2.77. The van der Waals surface area contributed by atoms with Crippen LogP contribution in [0.15, 0.2) is 28.3 Å². The third-order valence-corrected chi connectivity index (χ3v) is 6.65. The van der Waals surface area contributed by atoms with E-state index in [0.717, 1.165) is 6.07 Å². The number of hydrogen-bond acceptors (Lipinski definition) is 9. The first kappa shape index (κ1) is 22.0. The quantitative estimate of drug-likeness (QED) is 0.645. The first-order valence-corrected chi connectivity index (χ1v) is 10.8. The Bertz CT molecular complexity index is 1230. The summed E-state index contributed by atoms with van der Waals surface area (Å²) in [4.78, 5) is 39.4. The van der Waals surface area contributed by atoms with Crippen molar-refractivity contribution in [1.29, 1.82) is 0 Å². The fourth-order valence-electron chi connectivity index (χ4n) is 5.15. The summed E-state index contributed by atoms with van der Waals surface area (Å²) in [7, 11) is 1.36. The van der Waals surface area contributed by atoms with Gasteiger partial charge in [-0.05, 0) is 32.4 Å². The van der Waals surface area contributed by atoms with Crippen LogP contribution in [0.3, 0.4) is 0 Å². The topological polar surface area (TPSA) is 129 Å². The molecule has 0 aromatic heterocycles. The number of carbonyl (C=O) groups is 2. The Kier molecular flexibility index (Phi) is 4.88. The predicted molar refractivity (Wildman–Crippen MR) is 114 cm³/mol. The number of rotatable bonds is 4. The van der Waals surface area contributed by atoms with E-state index in [9.17, 15) is 24.6 Å². The third-order valence-electron chi connectivity index (χ3n) is 6.65. The fourth-order valence-corrected chi connectivity index (χ4v) is 5.15. The van der Waals surface area contributed by atoms with Crippen molar-refractivity contribution in [3.63, 3.8) is 0 Å². The number of allylic oxidation sites excluding steroid dienone is 4.